The average molecular weight is 297 g/mol. The molecule has 1 aliphatic carbocycles. The smallest absolute Gasteiger partial charge is 0.126 e. The van der Waals surface area contributed by atoms with Crippen LogP contribution < -0.4 is 0 Å². The van der Waals surface area contributed by atoms with E-state index in [-0.39, 0.29) is 11.2 Å². The molecular formula is C18H26ClF. The molecule has 0 aromatic heterocycles. The van der Waals surface area contributed by atoms with Gasteiger partial charge in [-0.25, -0.2) is 4.39 Å². The van der Waals surface area contributed by atoms with Gasteiger partial charge in [-0.3, -0.25) is 0 Å². The van der Waals surface area contributed by atoms with Gasteiger partial charge in [0, 0.05) is 5.88 Å². The summed E-state index contributed by atoms with van der Waals surface area (Å²) in [6, 6.07) is 7.13. The maximum atomic E-state index is 13.9. The van der Waals surface area contributed by atoms with Crippen molar-refractivity contribution in [1.82, 2.24) is 0 Å². The Morgan fingerprint density at radius 1 is 1.20 bits per heavy atom. The number of alkyl halides is 1. The van der Waals surface area contributed by atoms with Gasteiger partial charge in [0.25, 0.3) is 0 Å². The molecule has 0 aliphatic heterocycles. The van der Waals surface area contributed by atoms with Crippen LogP contribution in [-0.4, -0.2) is 5.88 Å². The Bertz CT molecular complexity index is 439. The van der Waals surface area contributed by atoms with Crippen molar-refractivity contribution in [3.8, 4) is 0 Å². The maximum absolute atomic E-state index is 13.9. The minimum atomic E-state index is -0.0880. The Hall–Kier alpha value is -0.560. The molecule has 0 saturated heterocycles. The minimum absolute atomic E-state index is 0.0880. The molecule has 0 spiro atoms. The maximum Gasteiger partial charge on any atom is 0.126 e. The van der Waals surface area contributed by atoms with Crippen molar-refractivity contribution < 1.29 is 4.39 Å². The number of hydrogen-bond acceptors (Lipinski definition) is 0. The molecule has 0 amide bonds. The topological polar surface area (TPSA) is 0 Å². The lowest BCUT2D eigenvalue weighted by Gasteiger charge is -2.43. The van der Waals surface area contributed by atoms with Crippen LogP contribution in [0.2, 0.25) is 0 Å². The van der Waals surface area contributed by atoms with Gasteiger partial charge in [0.2, 0.25) is 0 Å². The fraction of sp³-hybridized carbons (Fsp3) is 0.667. The van der Waals surface area contributed by atoms with E-state index in [2.05, 4.69) is 20.8 Å². The number of halogens is 2. The molecule has 0 nitrogen and oxygen atoms in total. The highest BCUT2D eigenvalue weighted by Crippen LogP contribution is 2.47. The summed E-state index contributed by atoms with van der Waals surface area (Å²) in [7, 11) is 0. The Morgan fingerprint density at radius 3 is 2.30 bits per heavy atom. The first kappa shape index (κ1) is 15.8. The van der Waals surface area contributed by atoms with Gasteiger partial charge in [0.1, 0.15) is 5.82 Å². The van der Waals surface area contributed by atoms with Crippen LogP contribution in [0.1, 0.15) is 52.0 Å². The van der Waals surface area contributed by atoms with Gasteiger partial charge in [-0.1, -0.05) is 39.0 Å². The first-order valence-corrected chi connectivity index (χ1v) is 8.19. The monoisotopic (exact) mass is 296 g/mol. The summed E-state index contributed by atoms with van der Waals surface area (Å²) >= 11 is 6.28. The highest BCUT2D eigenvalue weighted by atomic mass is 35.5. The normalized spacial score (nSPS) is 27.6. The molecule has 0 atom stereocenters. The van der Waals surface area contributed by atoms with Crippen LogP contribution in [0.15, 0.2) is 24.3 Å². The second-order valence-corrected chi connectivity index (χ2v) is 7.81. The summed E-state index contributed by atoms with van der Waals surface area (Å²) in [5.41, 5.74) is 1.28. The highest BCUT2D eigenvalue weighted by Gasteiger charge is 2.38. The van der Waals surface area contributed by atoms with Crippen LogP contribution in [-0.2, 0) is 6.42 Å². The van der Waals surface area contributed by atoms with Crippen LogP contribution >= 0.6 is 11.6 Å². The largest absolute Gasteiger partial charge is 0.207 e. The van der Waals surface area contributed by atoms with Gasteiger partial charge in [0.05, 0.1) is 0 Å². The molecular weight excluding hydrogens is 271 g/mol. The van der Waals surface area contributed by atoms with Crippen LogP contribution in [0, 0.1) is 22.6 Å². The van der Waals surface area contributed by atoms with Crippen molar-refractivity contribution >= 4 is 11.6 Å². The van der Waals surface area contributed by atoms with E-state index in [9.17, 15) is 4.39 Å². The summed E-state index contributed by atoms with van der Waals surface area (Å²) in [6.45, 7) is 6.96. The van der Waals surface area contributed by atoms with Gasteiger partial charge >= 0.3 is 0 Å². The molecule has 2 heteroatoms. The molecule has 1 saturated carbocycles. The highest BCUT2D eigenvalue weighted by molar-refractivity contribution is 6.18. The quantitative estimate of drug-likeness (QED) is 0.616. The zero-order valence-electron chi connectivity index (χ0n) is 12.9. The van der Waals surface area contributed by atoms with E-state index in [1.165, 1.54) is 12.8 Å². The summed E-state index contributed by atoms with van der Waals surface area (Å²) in [5.74, 6) is 1.31. The summed E-state index contributed by atoms with van der Waals surface area (Å²) in [5, 5.41) is 0. The van der Waals surface area contributed by atoms with Crippen molar-refractivity contribution in [2.24, 2.45) is 16.7 Å². The molecule has 0 radical (unpaired) electrons. The third-order valence-corrected chi connectivity index (χ3v) is 5.64. The van der Waals surface area contributed by atoms with E-state index < -0.39 is 0 Å². The molecule has 0 unspecified atom stereocenters. The lowest BCUT2D eigenvalue weighted by Crippen LogP contribution is -2.35. The zero-order chi connectivity index (χ0) is 14.8. The molecule has 0 heterocycles. The van der Waals surface area contributed by atoms with Crippen LogP contribution in [0.4, 0.5) is 4.39 Å². The summed E-state index contributed by atoms with van der Waals surface area (Å²) < 4.78 is 13.9. The van der Waals surface area contributed by atoms with E-state index >= 15 is 0 Å². The summed E-state index contributed by atoms with van der Waals surface area (Å²) in [4.78, 5) is 0. The molecule has 1 fully saturated rings. The Labute approximate surface area is 127 Å². The van der Waals surface area contributed by atoms with E-state index in [1.807, 2.05) is 12.1 Å². The van der Waals surface area contributed by atoms with Crippen molar-refractivity contribution in [2.75, 3.05) is 5.88 Å². The van der Waals surface area contributed by atoms with Gasteiger partial charge < -0.3 is 0 Å². The standard InChI is InChI=1S/C18H26ClF/c1-17(2,3)15-8-10-18(13-19,11-9-15)12-14-6-4-5-7-16(14)20/h4-7,15H,8-13H2,1-3H3. The van der Waals surface area contributed by atoms with Gasteiger partial charge in [0.15, 0.2) is 0 Å². The van der Waals surface area contributed by atoms with Crippen molar-refractivity contribution in [2.45, 2.75) is 52.9 Å². The van der Waals surface area contributed by atoms with Gasteiger partial charge in [-0.05, 0) is 60.5 Å². The first-order valence-electron chi connectivity index (χ1n) is 7.66. The molecule has 20 heavy (non-hydrogen) atoms. The van der Waals surface area contributed by atoms with Crippen molar-refractivity contribution in [1.29, 1.82) is 0 Å². The lowest BCUT2D eigenvalue weighted by atomic mass is 9.63. The van der Waals surface area contributed by atoms with E-state index in [4.69, 9.17) is 11.6 Å². The van der Waals surface area contributed by atoms with Crippen molar-refractivity contribution in [3.63, 3.8) is 0 Å². The second kappa shape index (κ2) is 6.05. The predicted octanol–water partition coefficient (Wildman–Crippen LogP) is 5.83. The van der Waals surface area contributed by atoms with Gasteiger partial charge in [-0.2, -0.15) is 0 Å². The third-order valence-electron chi connectivity index (χ3n) is 5.08. The molecule has 0 bridgehead atoms. The number of rotatable bonds is 3. The molecule has 1 aromatic carbocycles. The molecule has 112 valence electrons. The SMILES string of the molecule is CC(C)(C)C1CCC(CCl)(Cc2ccccc2F)CC1. The fourth-order valence-electron chi connectivity index (χ4n) is 3.50. The molecule has 1 aromatic rings. The first-order chi connectivity index (χ1) is 9.36. The van der Waals surface area contributed by atoms with E-state index in [0.29, 0.717) is 11.3 Å². The van der Waals surface area contributed by atoms with Crippen LogP contribution in [0.25, 0.3) is 0 Å². The second-order valence-electron chi connectivity index (χ2n) is 7.54. The van der Waals surface area contributed by atoms with E-state index in [1.54, 1.807) is 12.1 Å². The molecule has 2 rings (SSSR count). The van der Waals surface area contributed by atoms with Crippen LogP contribution in [0.3, 0.4) is 0 Å². The van der Waals surface area contributed by atoms with Crippen molar-refractivity contribution in [3.05, 3.63) is 35.6 Å². The van der Waals surface area contributed by atoms with Gasteiger partial charge in [-0.15, -0.1) is 11.6 Å². The van der Waals surface area contributed by atoms with E-state index in [0.717, 1.165) is 30.7 Å². The van der Waals surface area contributed by atoms with Crippen LogP contribution in [0.5, 0.6) is 0 Å². The summed E-state index contributed by atoms with van der Waals surface area (Å²) in [6.07, 6.45) is 5.44. The number of benzene rings is 1. The number of hydrogen-bond donors (Lipinski definition) is 0. The average Bonchev–Trinajstić information content (AvgIpc) is 2.41. The predicted molar refractivity (Wildman–Crippen MR) is 84.7 cm³/mol. The zero-order valence-corrected chi connectivity index (χ0v) is 13.6. The molecule has 0 N–H and O–H groups in total. The lowest BCUT2D eigenvalue weighted by molar-refractivity contribution is 0.101. The fourth-order valence-corrected chi connectivity index (χ4v) is 3.86. The third kappa shape index (κ3) is 3.55. The minimum Gasteiger partial charge on any atom is -0.207 e. The Kier molecular flexibility index (Phi) is 4.79. The molecule has 1 aliphatic rings. The Balaban J connectivity index is 2.08. The Morgan fingerprint density at radius 2 is 1.80 bits per heavy atom.